The second-order valence-electron chi connectivity index (χ2n) is 6.04. The van der Waals surface area contributed by atoms with Gasteiger partial charge in [-0.05, 0) is 43.5 Å². The zero-order valence-corrected chi connectivity index (χ0v) is 13.6. The zero-order valence-electron chi connectivity index (χ0n) is 13.6. The van der Waals surface area contributed by atoms with Crippen LogP contribution >= 0.6 is 0 Å². The van der Waals surface area contributed by atoms with Crippen molar-refractivity contribution >= 4 is 0 Å². The lowest BCUT2D eigenvalue weighted by molar-refractivity contribution is 0.331. The van der Waals surface area contributed by atoms with Gasteiger partial charge in [0.25, 0.3) is 0 Å². The van der Waals surface area contributed by atoms with E-state index in [0.717, 1.165) is 19.5 Å². The highest BCUT2D eigenvalue weighted by Crippen LogP contribution is 2.10. The predicted molar refractivity (Wildman–Crippen MR) is 91.7 cm³/mol. The first-order valence-electron chi connectivity index (χ1n) is 7.99. The molecule has 2 rings (SSSR count). The molecule has 0 saturated carbocycles. The van der Waals surface area contributed by atoms with Crippen molar-refractivity contribution in [1.29, 1.82) is 0 Å². The summed E-state index contributed by atoms with van der Waals surface area (Å²) in [5.74, 6) is 0. The van der Waals surface area contributed by atoms with E-state index in [9.17, 15) is 0 Å². The minimum Gasteiger partial charge on any atom is -0.302 e. The predicted octanol–water partition coefficient (Wildman–Crippen LogP) is 4.62. The van der Waals surface area contributed by atoms with Crippen LogP contribution in [0.5, 0.6) is 0 Å². The Morgan fingerprint density at radius 1 is 0.762 bits per heavy atom. The van der Waals surface area contributed by atoms with Gasteiger partial charge in [0.2, 0.25) is 0 Å². The van der Waals surface area contributed by atoms with Crippen LogP contribution in [-0.4, -0.2) is 18.5 Å². The van der Waals surface area contributed by atoms with E-state index in [2.05, 4.69) is 74.3 Å². The van der Waals surface area contributed by atoms with Gasteiger partial charge in [0, 0.05) is 13.1 Å². The van der Waals surface area contributed by atoms with Crippen molar-refractivity contribution < 1.29 is 0 Å². The first kappa shape index (κ1) is 15.8. The van der Waals surface area contributed by atoms with E-state index in [1.165, 1.54) is 35.1 Å². The van der Waals surface area contributed by atoms with Gasteiger partial charge in [0.1, 0.15) is 0 Å². The second-order valence-corrected chi connectivity index (χ2v) is 6.04. The Balaban J connectivity index is 1.80. The van der Waals surface area contributed by atoms with Crippen LogP contribution in [0, 0.1) is 6.92 Å². The molecule has 0 unspecified atom stereocenters. The molecule has 0 saturated heterocycles. The summed E-state index contributed by atoms with van der Waals surface area (Å²) < 4.78 is 0. The SMILES string of the molecule is CCCc1ccc(CN(C)CCc2ccc(C)cc2)cc1. The van der Waals surface area contributed by atoms with Crippen LogP contribution in [-0.2, 0) is 19.4 Å². The minimum absolute atomic E-state index is 1.03. The van der Waals surface area contributed by atoms with Gasteiger partial charge in [-0.2, -0.15) is 0 Å². The van der Waals surface area contributed by atoms with Crippen LogP contribution in [0.2, 0.25) is 0 Å². The van der Waals surface area contributed by atoms with Crippen molar-refractivity contribution in [2.75, 3.05) is 13.6 Å². The highest BCUT2D eigenvalue weighted by atomic mass is 15.1. The molecule has 0 spiro atoms. The fourth-order valence-electron chi connectivity index (χ4n) is 2.57. The Labute approximate surface area is 129 Å². The standard InChI is InChI=1S/C20H27N/c1-4-5-18-10-12-20(13-11-18)16-21(3)15-14-19-8-6-17(2)7-9-19/h6-13H,4-5,14-16H2,1-3H3. The molecular weight excluding hydrogens is 254 g/mol. The molecule has 0 atom stereocenters. The summed E-state index contributed by atoms with van der Waals surface area (Å²) in [5.41, 5.74) is 5.61. The molecule has 0 bridgehead atoms. The molecule has 0 N–H and O–H groups in total. The monoisotopic (exact) mass is 281 g/mol. The van der Waals surface area contributed by atoms with Crippen molar-refractivity contribution in [3.05, 3.63) is 70.8 Å². The molecule has 1 heteroatoms. The lowest BCUT2D eigenvalue weighted by atomic mass is 10.1. The van der Waals surface area contributed by atoms with Gasteiger partial charge in [-0.3, -0.25) is 0 Å². The van der Waals surface area contributed by atoms with E-state index in [1.54, 1.807) is 0 Å². The molecule has 0 aliphatic heterocycles. The highest BCUT2D eigenvalue weighted by molar-refractivity contribution is 5.23. The van der Waals surface area contributed by atoms with E-state index in [4.69, 9.17) is 0 Å². The molecular formula is C20H27N. The van der Waals surface area contributed by atoms with E-state index in [1.807, 2.05) is 0 Å². The van der Waals surface area contributed by atoms with Gasteiger partial charge < -0.3 is 4.90 Å². The van der Waals surface area contributed by atoms with E-state index >= 15 is 0 Å². The molecule has 0 amide bonds. The number of hydrogen-bond donors (Lipinski definition) is 0. The van der Waals surface area contributed by atoms with E-state index in [0.29, 0.717) is 0 Å². The van der Waals surface area contributed by atoms with Crippen LogP contribution in [0.4, 0.5) is 0 Å². The van der Waals surface area contributed by atoms with Crippen LogP contribution < -0.4 is 0 Å². The minimum atomic E-state index is 1.03. The fraction of sp³-hybridized carbons (Fsp3) is 0.400. The molecule has 21 heavy (non-hydrogen) atoms. The van der Waals surface area contributed by atoms with Gasteiger partial charge in [-0.15, -0.1) is 0 Å². The Morgan fingerprint density at radius 2 is 1.29 bits per heavy atom. The number of rotatable bonds is 7. The molecule has 1 nitrogen and oxygen atoms in total. The second kappa shape index (κ2) is 7.99. The third-order valence-electron chi connectivity index (χ3n) is 3.92. The normalized spacial score (nSPS) is 11.0. The number of nitrogens with zero attached hydrogens (tertiary/aromatic N) is 1. The quantitative estimate of drug-likeness (QED) is 0.715. The van der Waals surface area contributed by atoms with Gasteiger partial charge >= 0.3 is 0 Å². The van der Waals surface area contributed by atoms with Crippen LogP contribution in [0.25, 0.3) is 0 Å². The summed E-state index contributed by atoms with van der Waals surface area (Å²) in [6.45, 7) is 6.49. The molecule has 0 heterocycles. The fourth-order valence-corrected chi connectivity index (χ4v) is 2.57. The summed E-state index contributed by atoms with van der Waals surface area (Å²) in [7, 11) is 2.20. The molecule has 0 aliphatic carbocycles. The molecule has 2 aromatic carbocycles. The number of hydrogen-bond acceptors (Lipinski definition) is 1. The Kier molecular flexibility index (Phi) is 6.01. The van der Waals surface area contributed by atoms with Gasteiger partial charge in [0.15, 0.2) is 0 Å². The number of aryl methyl sites for hydroxylation is 2. The maximum absolute atomic E-state index is 2.40. The molecule has 0 aromatic heterocycles. The molecule has 0 fully saturated rings. The Hall–Kier alpha value is -1.60. The lowest BCUT2D eigenvalue weighted by Gasteiger charge is -2.17. The van der Waals surface area contributed by atoms with Crippen LogP contribution in [0.3, 0.4) is 0 Å². The highest BCUT2D eigenvalue weighted by Gasteiger charge is 2.02. The molecule has 112 valence electrons. The van der Waals surface area contributed by atoms with Crippen molar-refractivity contribution in [3.8, 4) is 0 Å². The summed E-state index contributed by atoms with van der Waals surface area (Å²) in [6.07, 6.45) is 3.52. The topological polar surface area (TPSA) is 3.24 Å². The summed E-state index contributed by atoms with van der Waals surface area (Å²) in [4.78, 5) is 2.40. The van der Waals surface area contributed by atoms with Gasteiger partial charge in [0.05, 0.1) is 0 Å². The lowest BCUT2D eigenvalue weighted by Crippen LogP contribution is -2.20. The molecule has 0 radical (unpaired) electrons. The largest absolute Gasteiger partial charge is 0.302 e. The van der Waals surface area contributed by atoms with E-state index in [-0.39, 0.29) is 0 Å². The van der Waals surface area contributed by atoms with Crippen molar-refractivity contribution in [2.45, 2.75) is 39.7 Å². The van der Waals surface area contributed by atoms with E-state index < -0.39 is 0 Å². The average Bonchev–Trinajstić information content (AvgIpc) is 2.49. The Morgan fingerprint density at radius 3 is 1.90 bits per heavy atom. The average molecular weight is 281 g/mol. The van der Waals surface area contributed by atoms with Crippen molar-refractivity contribution in [2.24, 2.45) is 0 Å². The summed E-state index contributed by atoms with van der Waals surface area (Å²) >= 11 is 0. The van der Waals surface area contributed by atoms with Gasteiger partial charge in [-0.1, -0.05) is 67.4 Å². The third-order valence-corrected chi connectivity index (χ3v) is 3.92. The first-order valence-corrected chi connectivity index (χ1v) is 7.99. The third kappa shape index (κ3) is 5.35. The smallest absolute Gasteiger partial charge is 0.0230 e. The maximum atomic E-state index is 2.40. The molecule has 0 aliphatic rings. The summed E-state index contributed by atoms with van der Waals surface area (Å²) in [5, 5.41) is 0. The Bertz CT molecular complexity index is 525. The van der Waals surface area contributed by atoms with Crippen molar-refractivity contribution in [3.63, 3.8) is 0 Å². The van der Waals surface area contributed by atoms with Crippen molar-refractivity contribution in [1.82, 2.24) is 4.90 Å². The summed E-state index contributed by atoms with van der Waals surface area (Å²) in [6, 6.07) is 18.0. The maximum Gasteiger partial charge on any atom is 0.0230 e. The number of likely N-dealkylation sites (N-methyl/N-ethyl adjacent to an activating group) is 1. The van der Waals surface area contributed by atoms with Gasteiger partial charge in [-0.25, -0.2) is 0 Å². The number of benzene rings is 2. The van der Waals surface area contributed by atoms with Crippen LogP contribution in [0.15, 0.2) is 48.5 Å². The molecule has 2 aromatic rings. The van der Waals surface area contributed by atoms with Crippen LogP contribution in [0.1, 0.15) is 35.6 Å². The zero-order chi connectivity index (χ0) is 15.1. The first-order chi connectivity index (χ1) is 10.2.